The molecule has 0 atom stereocenters. The molecule has 1 saturated carbocycles. The lowest BCUT2D eigenvalue weighted by Gasteiger charge is -2.42. The standard InChI is InChI=1S/C13H22F2N2O3/c1-11(2,3)16-9(18)8-17(4)10(19)13(14,15)12(20)6-5-7-12/h20H,5-8H2,1-4H3,(H,16,18). The van der Waals surface area contributed by atoms with Crippen molar-refractivity contribution in [2.75, 3.05) is 13.6 Å². The fraction of sp³-hybridized carbons (Fsp3) is 0.846. The topological polar surface area (TPSA) is 69.6 Å². The number of aliphatic hydroxyl groups is 1. The summed E-state index contributed by atoms with van der Waals surface area (Å²) in [4.78, 5) is 24.0. The summed E-state index contributed by atoms with van der Waals surface area (Å²) in [5, 5.41) is 12.3. The van der Waals surface area contributed by atoms with Crippen LogP contribution in [0.25, 0.3) is 0 Å². The Labute approximate surface area is 117 Å². The number of nitrogens with one attached hydrogen (secondary N) is 1. The first-order valence-electron chi connectivity index (χ1n) is 6.56. The average Bonchev–Trinajstić information content (AvgIpc) is 2.21. The van der Waals surface area contributed by atoms with Crippen molar-refractivity contribution in [3.05, 3.63) is 0 Å². The number of amides is 2. The average molecular weight is 292 g/mol. The van der Waals surface area contributed by atoms with Gasteiger partial charge in [-0.1, -0.05) is 0 Å². The number of halogens is 2. The molecular weight excluding hydrogens is 270 g/mol. The van der Waals surface area contributed by atoms with E-state index in [1.165, 1.54) is 0 Å². The van der Waals surface area contributed by atoms with E-state index < -0.39 is 35.4 Å². The number of hydrogen-bond acceptors (Lipinski definition) is 3. The van der Waals surface area contributed by atoms with Gasteiger partial charge in [-0.05, 0) is 40.0 Å². The normalized spacial score (nSPS) is 18.1. The Morgan fingerprint density at radius 1 is 1.30 bits per heavy atom. The molecule has 5 nitrogen and oxygen atoms in total. The summed E-state index contributed by atoms with van der Waals surface area (Å²) in [7, 11) is 1.13. The predicted molar refractivity (Wildman–Crippen MR) is 69.3 cm³/mol. The zero-order valence-electron chi connectivity index (χ0n) is 12.3. The van der Waals surface area contributed by atoms with Gasteiger partial charge in [0, 0.05) is 12.6 Å². The van der Waals surface area contributed by atoms with E-state index in [0.29, 0.717) is 11.3 Å². The summed E-state index contributed by atoms with van der Waals surface area (Å²) in [6, 6.07) is 0. The Kier molecular flexibility index (Phi) is 4.43. The first-order valence-corrected chi connectivity index (χ1v) is 6.56. The fourth-order valence-electron chi connectivity index (χ4n) is 2.01. The monoisotopic (exact) mass is 292 g/mol. The number of alkyl halides is 2. The second kappa shape index (κ2) is 5.27. The molecule has 0 aromatic carbocycles. The van der Waals surface area contributed by atoms with Crippen LogP contribution in [0.1, 0.15) is 40.0 Å². The van der Waals surface area contributed by atoms with Crippen molar-refractivity contribution in [3.63, 3.8) is 0 Å². The number of carbonyl (C=O) groups excluding carboxylic acids is 2. The highest BCUT2D eigenvalue weighted by Gasteiger charge is 2.62. The highest BCUT2D eigenvalue weighted by Crippen LogP contribution is 2.44. The fourth-order valence-corrected chi connectivity index (χ4v) is 2.01. The van der Waals surface area contributed by atoms with Crippen molar-refractivity contribution in [3.8, 4) is 0 Å². The minimum Gasteiger partial charge on any atom is -0.383 e. The van der Waals surface area contributed by atoms with Gasteiger partial charge in [0.1, 0.15) is 5.60 Å². The van der Waals surface area contributed by atoms with E-state index in [2.05, 4.69) is 5.32 Å². The van der Waals surface area contributed by atoms with Crippen LogP contribution in [0.3, 0.4) is 0 Å². The molecule has 20 heavy (non-hydrogen) atoms. The Morgan fingerprint density at radius 3 is 2.15 bits per heavy atom. The van der Waals surface area contributed by atoms with E-state index in [0.717, 1.165) is 7.05 Å². The first-order chi connectivity index (χ1) is 8.89. The van der Waals surface area contributed by atoms with Crippen LogP contribution in [-0.2, 0) is 9.59 Å². The highest BCUT2D eigenvalue weighted by molar-refractivity contribution is 5.89. The van der Waals surface area contributed by atoms with Crippen LogP contribution in [0.15, 0.2) is 0 Å². The van der Waals surface area contributed by atoms with Crippen LogP contribution >= 0.6 is 0 Å². The van der Waals surface area contributed by atoms with Gasteiger partial charge in [-0.25, -0.2) is 0 Å². The van der Waals surface area contributed by atoms with Crippen molar-refractivity contribution < 1.29 is 23.5 Å². The second-order valence-corrected chi connectivity index (χ2v) is 6.42. The zero-order chi connectivity index (χ0) is 15.8. The van der Waals surface area contributed by atoms with E-state index >= 15 is 0 Å². The van der Waals surface area contributed by atoms with Gasteiger partial charge in [0.2, 0.25) is 5.91 Å². The van der Waals surface area contributed by atoms with Crippen molar-refractivity contribution in [1.82, 2.24) is 10.2 Å². The van der Waals surface area contributed by atoms with Crippen LogP contribution in [-0.4, -0.2) is 52.5 Å². The van der Waals surface area contributed by atoms with E-state index in [9.17, 15) is 23.5 Å². The van der Waals surface area contributed by atoms with Crippen LogP contribution < -0.4 is 5.32 Å². The third kappa shape index (κ3) is 3.45. The van der Waals surface area contributed by atoms with Gasteiger partial charge in [-0.3, -0.25) is 9.59 Å². The molecule has 7 heteroatoms. The Morgan fingerprint density at radius 2 is 1.80 bits per heavy atom. The molecule has 0 unspecified atom stereocenters. The lowest BCUT2D eigenvalue weighted by molar-refractivity contribution is -0.222. The van der Waals surface area contributed by atoms with Gasteiger partial charge in [0.15, 0.2) is 0 Å². The predicted octanol–water partition coefficient (Wildman–Crippen LogP) is 0.910. The van der Waals surface area contributed by atoms with E-state index in [-0.39, 0.29) is 12.8 Å². The van der Waals surface area contributed by atoms with Crippen molar-refractivity contribution >= 4 is 11.8 Å². The third-order valence-electron chi connectivity index (χ3n) is 3.28. The van der Waals surface area contributed by atoms with Gasteiger partial charge >= 0.3 is 5.92 Å². The number of rotatable bonds is 4. The van der Waals surface area contributed by atoms with E-state index in [1.807, 2.05) is 0 Å². The van der Waals surface area contributed by atoms with Crippen LogP contribution in [0.2, 0.25) is 0 Å². The maximum atomic E-state index is 13.9. The molecule has 1 rings (SSSR count). The molecule has 0 radical (unpaired) electrons. The zero-order valence-corrected chi connectivity index (χ0v) is 12.3. The Hall–Kier alpha value is -1.24. The maximum Gasteiger partial charge on any atom is 0.352 e. The quantitative estimate of drug-likeness (QED) is 0.809. The van der Waals surface area contributed by atoms with Crippen molar-refractivity contribution in [2.45, 2.75) is 57.1 Å². The Balaban J connectivity index is 2.65. The summed E-state index contributed by atoms with van der Waals surface area (Å²) in [5.41, 5.74) is -2.77. The molecule has 0 bridgehead atoms. The first kappa shape index (κ1) is 16.8. The van der Waals surface area contributed by atoms with Crippen LogP contribution in [0.4, 0.5) is 8.78 Å². The molecular formula is C13H22F2N2O3. The minimum absolute atomic E-state index is 0.103. The lowest BCUT2D eigenvalue weighted by Crippen LogP contribution is -2.61. The summed E-state index contributed by atoms with van der Waals surface area (Å²) in [6.45, 7) is 4.77. The largest absolute Gasteiger partial charge is 0.383 e. The molecule has 1 fully saturated rings. The molecule has 0 aromatic rings. The van der Waals surface area contributed by atoms with Gasteiger partial charge < -0.3 is 15.3 Å². The molecule has 0 spiro atoms. The maximum absolute atomic E-state index is 13.9. The molecule has 1 aliphatic rings. The van der Waals surface area contributed by atoms with Crippen LogP contribution in [0, 0.1) is 0 Å². The Bertz CT molecular complexity index is 401. The van der Waals surface area contributed by atoms with Gasteiger partial charge in [-0.15, -0.1) is 0 Å². The molecule has 1 aliphatic carbocycles. The molecule has 0 saturated heterocycles. The molecule has 2 N–H and O–H groups in total. The van der Waals surface area contributed by atoms with Crippen molar-refractivity contribution in [1.29, 1.82) is 0 Å². The van der Waals surface area contributed by atoms with Crippen LogP contribution in [0.5, 0.6) is 0 Å². The van der Waals surface area contributed by atoms with Gasteiger partial charge in [0.05, 0.1) is 6.54 Å². The summed E-state index contributed by atoms with van der Waals surface area (Å²) in [6.07, 6.45) is 0.259. The summed E-state index contributed by atoms with van der Waals surface area (Å²) < 4.78 is 27.8. The number of likely N-dealkylation sites (N-methyl/N-ethyl adjacent to an activating group) is 1. The number of carbonyl (C=O) groups is 2. The van der Waals surface area contributed by atoms with E-state index in [1.54, 1.807) is 20.8 Å². The smallest absolute Gasteiger partial charge is 0.352 e. The molecule has 116 valence electrons. The van der Waals surface area contributed by atoms with Crippen molar-refractivity contribution in [2.24, 2.45) is 0 Å². The molecule has 0 heterocycles. The third-order valence-corrected chi connectivity index (χ3v) is 3.28. The lowest BCUT2D eigenvalue weighted by atomic mass is 9.75. The molecule has 2 amide bonds. The molecule has 0 aliphatic heterocycles. The highest BCUT2D eigenvalue weighted by atomic mass is 19.3. The molecule has 0 aromatic heterocycles. The summed E-state index contributed by atoms with van der Waals surface area (Å²) in [5.74, 6) is -5.91. The minimum atomic E-state index is -3.86. The summed E-state index contributed by atoms with van der Waals surface area (Å²) >= 11 is 0. The van der Waals surface area contributed by atoms with Gasteiger partial charge in [0.25, 0.3) is 5.91 Å². The number of hydrogen-bond donors (Lipinski definition) is 2. The number of nitrogens with zero attached hydrogens (tertiary/aromatic N) is 1. The van der Waals surface area contributed by atoms with E-state index in [4.69, 9.17) is 0 Å². The van der Waals surface area contributed by atoms with Gasteiger partial charge in [-0.2, -0.15) is 8.78 Å². The second-order valence-electron chi connectivity index (χ2n) is 6.42. The SMILES string of the molecule is CN(CC(=O)NC(C)(C)C)C(=O)C(F)(F)C1(O)CCC1.